The zero-order valence-corrected chi connectivity index (χ0v) is 16.5. The average molecular weight is 425 g/mol. The minimum absolute atomic E-state index is 0.275. The highest BCUT2D eigenvalue weighted by molar-refractivity contribution is 6.32. The van der Waals surface area contributed by atoms with E-state index in [2.05, 4.69) is 10.2 Å². The number of halogens is 2. The molecule has 29 heavy (non-hydrogen) atoms. The lowest BCUT2D eigenvalue weighted by Crippen LogP contribution is -1.97. The number of ether oxygens (including phenoxy) is 2. The van der Waals surface area contributed by atoms with E-state index in [1.807, 2.05) is 18.2 Å². The second-order valence-corrected chi connectivity index (χ2v) is 7.09. The summed E-state index contributed by atoms with van der Waals surface area (Å²) in [5.74, 6) is 1.35. The number of nitrogens with one attached hydrogen (secondary N) is 1. The van der Waals surface area contributed by atoms with Crippen LogP contribution < -0.4 is 15.2 Å². The summed E-state index contributed by atoms with van der Waals surface area (Å²) in [7, 11) is 0. The van der Waals surface area contributed by atoms with Gasteiger partial charge in [0.15, 0.2) is 0 Å². The van der Waals surface area contributed by atoms with Gasteiger partial charge in [0, 0.05) is 22.2 Å². The van der Waals surface area contributed by atoms with Gasteiger partial charge in [0.25, 0.3) is 0 Å². The summed E-state index contributed by atoms with van der Waals surface area (Å²) in [6, 6.07) is 17.4. The van der Waals surface area contributed by atoms with Crippen LogP contribution in [0.3, 0.4) is 0 Å². The lowest BCUT2D eigenvalue weighted by molar-refractivity contribution is 0.301. The van der Waals surface area contributed by atoms with E-state index in [0.717, 1.165) is 16.6 Å². The topological polar surface area (TPSA) is 97.0 Å². The second kappa shape index (κ2) is 7.92. The lowest BCUT2D eigenvalue weighted by atomic mass is 10.2. The number of rotatable bonds is 5. The maximum absolute atomic E-state index is 9.08. The molecule has 0 saturated carbocycles. The van der Waals surface area contributed by atoms with Crippen molar-refractivity contribution in [2.75, 3.05) is 5.73 Å². The van der Waals surface area contributed by atoms with Crippen molar-refractivity contribution in [1.82, 2.24) is 10.2 Å². The summed E-state index contributed by atoms with van der Waals surface area (Å²) in [6.45, 7) is 0.275. The third-order valence-corrected chi connectivity index (χ3v) is 4.70. The fraction of sp³-hybridized carbons (Fsp3) is 0.0476. The summed E-state index contributed by atoms with van der Waals surface area (Å²) >= 11 is 12.3. The first-order valence-corrected chi connectivity index (χ1v) is 9.31. The molecular weight excluding hydrogens is 411 g/mol. The predicted molar refractivity (Wildman–Crippen MR) is 113 cm³/mol. The number of aromatic amines is 1. The van der Waals surface area contributed by atoms with Crippen LogP contribution in [0, 0.1) is 11.3 Å². The van der Waals surface area contributed by atoms with E-state index in [1.54, 1.807) is 42.5 Å². The van der Waals surface area contributed by atoms with Crippen LogP contribution in [0.2, 0.25) is 10.0 Å². The summed E-state index contributed by atoms with van der Waals surface area (Å²) in [5, 5.41) is 18.0. The van der Waals surface area contributed by atoms with Crippen LogP contribution in [-0.2, 0) is 6.61 Å². The Labute approximate surface area is 176 Å². The Balaban J connectivity index is 1.54. The summed E-state index contributed by atoms with van der Waals surface area (Å²) in [5.41, 5.74) is 8.42. The minimum atomic E-state index is 0.275. The van der Waals surface area contributed by atoms with Crippen molar-refractivity contribution in [2.45, 2.75) is 6.61 Å². The molecule has 0 fully saturated rings. The molecule has 1 aromatic heterocycles. The smallest absolute Gasteiger partial charge is 0.149 e. The van der Waals surface area contributed by atoms with Crippen molar-refractivity contribution in [2.24, 2.45) is 0 Å². The van der Waals surface area contributed by atoms with Crippen LogP contribution in [0.15, 0.2) is 54.6 Å². The van der Waals surface area contributed by atoms with Gasteiger partial charge in [0.1, 0.15) is 23.9 Å². The third-order valence-electron chi connectivity index (χ3n) is 4.17. The molecule has 6 nitrogen and oxygen atoms in total. The number of hydrogen-bond donors (Lipinski definition) is 2. The van der Waals surface area contributed by atoms with Gasteiger partial charge in [0.05, 0.1) is 27.9 Å². The van der Waals surface area contributed by atoms with E-state index in [9.17, 15) is 0 Å². The summed E-state index contributed by atoms with van der Waals surface area (Å²) < 4.78 is 11.7. The van der Waals surface area contributed by atoms with Crippen LogP contribution in [0.25, 0.3) is 10.9 Å². The number of hydrogen-bond acceptors (Lipinski definition) is 5. The largest absolute Gasteiger partial charge is 0.487 e. The molecule has 1 heterocycles. The van der Waals surface area contributed by atoms with Gasteiger partial charge in [-0.1, -0.05) is 23.2 Å². The van der Waals surface area contributed by atoms with Gasteiger partial charge in [-0.05, 0) is 48.5 Å². The molecule has 144 valence electrons. The molecule has 0 aliphatic rings. The van der Waals surface area contributed by atoms with Gasteiger partial charge < -0.3 is 15.2 Å². The number of H-pyrrole nitrogens is 1. The Bertz CT molecular complexity index is 1250. The first-order valence-electron chi connectivity index (χ1n) is 8.55. The molecule has 0 aliphatic carbocycles. The number of nitrogens with zero attached hydrogens (tertiary/aromatic N) is 2. The number of aromatic nitrogens is 2. The Morgan fingerprint density at radius 2 is 1.90 bits per heavy atom. The quantitative estimate of drug-likeness (QED) is 0.400. The normalized spacial score (nSPS) is 10.7. The van der Waals surface area contributed by atoms with Crippen LogP contribution in [0.5, 0.6) is 17.2 Å². The van der Waals surface area contributed by atoms with Crippen LogP contribution >= 0.6 is 23.2 Å². The SMILES string of the molecule is N#Cc1cc(Cl)cc(Oc2cc(OCc3[nH]nc4cc(N)ccc34)ccc2Cl)c1. The molecule has 0 saturated heterocycles. The lowest BCUT2D eigenvalue weighted by Gasteiger charge is -2.11. The number of nitriles is 1. The second-order valence-electron chi connectivity index (χ2n) is 6.25. The van der Waals surface area contributed by atoms with E-state index in [4.69, 9.17) is 43.7 Å². The van der Waals surface area contributed by atoms with Crippen molar-refractivity contribution in [1.29, 1.82) is 5.26 Å². The fourth-order valence-corrected chi connectivity index (χ4v) is 3.20. The van der Waals surface area contributed by atoms with Crippen molar-refractivity contribution in [3.8, 4) is 23.3 Å². The third kappa shape index (κ3) is 4.21. The van der Waals surface area contributed by atoms with Gasteiger partial charge in [-0.25, -0.2) is 0 Å². The molecule has 3 aromatic carbocycles. The van der Waals surface area contributed by atoms with Crippen LogP contribution in [0.4, 0.5) is 5.69 Å². The van der Waals surface area contributed by atoms with Crippen molar-refractivity contribution in [3.05, 3.63) is 75.9 Å². The highest BCUT2D eigenvalue weighted by atomic mass is 35.5. The zero-order chi connectivity index (χ0) is 20.4. The van der Waals surface area contributed by atoms with Gasteiger partial charge in [-0.3, -0.25) is 5.10 Å². The standard InChI is InChI=1S/C21H14Cl2N4O2/c22-13-5-12(10-24)6-16(7-13)29-21-9-15(2-4-18(21)23)28-11-20-17-3-1-14(25)8-19(17)26-27-20/h1-9H,11,25H2,(H,26,27). The number of nitrogens with two attached hydrogens (primary N) is 1. The molecule has 0 amide bonds. The highest BCUT2D eigenvalue weighted by Crippen LogP contribution is 2.34. The molecule has 0 bridgehead atoms. The molecule has 0 radical (unpaired) electrons. The maximum Gasteiger partial charge on any atom is 0.149 e. The highest BCUT2D eigenvalue weighted by Gasteiger charge is 2.10. The Morgan fingerprint density at radius 1 is 1.03 bits per heavy atom. The van der Waals surface area contributed by atoms with Gasteiger partial charge in [0.2, 0.25) is 0 Å². The average Bonchev–Trinajstić information content (AvgIpc) is 3.10. The number of fused-ring (bicyclic) bond motifs is 1. The van der Waals surface area contributed by atoms with Crippen LogP contribution in [0.1, 0.15) is 11.3 Å². The van der Waals surface area contributed by atoms with E-state index in [0.29, 0.717) is 38.5 Å². The van der Waals surface area contributed by atoms with E-state index >= 15 is 0 Å². The Hall–Kier alpha value is -3.40. The maximum atomic E-state index is 9.08. The van der Waals surface area contributed by atoms with E-state index in [-0.39, 0.29) is 6.61 Å². The van der Waals surface area contributed by atoms with Crippen molar-refractivity contribution in [3.63, 3.8) is 0 Å². The van der Waals surface area contributed by atoms with Gasteiger partial charge >= 0.3 is 0 Å². The van der Waals surface area contributed by atoms with Gasteiger partial charge in [-0.15, -0.1) is 0 Å². The molecule has 4 rings (SSSR count). The molecule has 4 aromatic rings. The molecule has 0 spiro atoms. The van der Waals surface area contributed by atoms with E-state index < -0.39 is 0 Å². The van der Waals surface area contributed by atoms with Crippen LogP contribution in [-0.4, -0.2) is 10.2 Å². The van der Waals surface area contributed by atoms with E-state index in [1.165, 1.54) is 0 Å². The first kappa shape index (κ1) is 18.9. The minimum Gasteiger partial charge on any atom is -0.487 e. The number of anilines is 1. The van der Waals surface area contributed by atoms with Gasteiger partial charge in [-0.2, -0.15) is 10.4 Å². The zero-order valence-electron chi connectivity index (χ0n) is 14.9. The monoisotopic (exact) mass is 424 g/mol. The molecule has 0 atom stereocenters. The summed E-state index contributed by atoms with van der Waals surface area (Å²) in [6.07, 6.45) is 0. The van der Waals surface area contributed by atoms with Crippen molar-refractivity contribution >= 4 is 39.8 Å². The molecule has 3 N–H and O–H groups in total. The number of benzene rings is 3. The Morgan fingerprint density at radius 3 is 2.72 bits per heavy atom. The molecule has 8 heteroatoms. The van der Waals surface area contributed by atoms with Crippen molar-refractivity contribution < 1.29 is 9.47 Å². The summed E-state index contributed by atoms with van der Waals surface area (Å²) in [4.78, 5) is 0. The first-order chi connectivity index (χ1) is 14.0. The predicted octanol–water partition coefficient (Wildman–Crippen LogP) is 5.69. The molecule has 0 aliphatic heterocycles. The fourth-order valence-electron chi connectivity index (χ4n) is 2.81. The number of nitrogen functional groups attached to an aromatic ring is 1. The molecular formula is C21H14Cl2N4O2. The molecule has 0 unspecified atom stereocenters. The Kier molecular flexibility index (Phi) is 5.17.